The fourth-order valence-corrected chi connectivity index (χ4v) is 1.30. The van der Waals surface area contributed by atoms with Crippen LogP contribution < -0.4 is 11.1 Å². The molecule has 0 radical (unpaired) electrons. The van der Waals surface area contributed by atoms with Crippen molar-refractivity contribution in [1.82, 2.24) is 9.97 Å². The summed E-state index contributed by atoms with van der Waals surface area (Å²) in [6.45, 7) is 5.08. The molecular formula is C11H15ClN4O3. The van der Waals surface area contributed by atoms with Crippen molar-refractivity contribution in [3.05, 3.63) is 17.0 Å². The average molecular weight is 287 g/mol. The molecule has 1 rings (SSSR count). The summed E-state index contributed by atoms with van der Waals surface area (Å²) < 4.78 is 5.15. The Morgan fingerprint density at radius 2 is 2.05 bits per heavy atom. The Bertz CT molecular complexity index is 499. The molecule has 0 fully saturated rings. The topological polar surface area (TPSA) is 107 Å². The van der Waals surface area contributed by atoms with Gasteiger partial charge in [-0.2, -0.15) is 0 Å². The number of hydrogen-bond donors (Lipinski definition) is 2. The van der Waals surface area contributed by atoms with Crippen LogP contribution in [0.1, 0.15) is 31.3 Å². The minimum atomic E-state index is -0.644. The van der Waals surface area contributed by atoms with Crippen LogP contribution in [0.25, 0.3) is 0 Å². The number of ether oxygens (including phenoxy) is 1. The zero-order valence-electron chi connectivity index (χ0n) is 10.9. The van der Waals surface area contributed by atoms with E-state index in [2.05, 4.69) is 15.3 Å². The van der Waals surface area contributed by atoms with Gasteiger partial charge in [0.05, 0.1) is 6.54 Å². The van der Waals surface area contributed by atoms with Gasteiger partial charge < -0.3 is 15.8 Å². The average Bonchev–Trinajstić information content (AvgIpc) is 2.23. The van der Waals surface area contributed by atoms with E-state index >= 15 is 0 Å². The van der Waals surface area contributed by atoms with E-state index in [4.69, 9.17) is 22.1 Å². The minimum absolute atomic E-state index is 0.00176. The van der Waals surface area contributed by atoms with Crippen molar-refractivity contribution in [1.29, 1.82) is 0 Å². The highest BCUT2D eigenvalue weighted by atomic mass is 35.5. The molecule has 0 spiro atoms. The van der Waals surface area contributed by atoms with E-state index in [0.717, 1.165) is 0 Å². The first-order valence-corrected chi connectivity index (χ1v) is 5.85. The molecule has 0 aromatic carbocycles. The lowest BCUT2D eigenvalue weighted by molar-refractivity contribution is -0.116. The smallest absolute Gasteiger partial charge is 0.357 e. The molecule has 104 valence electrons. The Morgan fingerprint density at radius 3 is 2.58 bits per heavy atom. The fourth-order valence-electron chi connectivity index (χ4n) is 1.12. The van der Waals surface area contributed by atoms with Gasteiger partial charge >= 0.3 is 5.97 Å². The van der Waals surface area contributed by atoms with Crippen LogP contribution in [0, 0.1) is 0 Å². The number of anilines is 1. The van der Waals surface area contributed by atoms with Crippen molar-refractivity contribution < 1.29 is 14.3 Å². The number of hydrogen-bond acceptors (Lipinski definition) is 6. The first-order valence-electron chi connectivity index (χ1n) is 5.47. The van der Waals surface area contributed by atoms with Crippen LogP contribution >= 0.6 is 11.6 Å². The maximum absolute atomic E-state index is 11.8. The molecule has 0 saturated carbocycles. The largest absolute Gasteiger partial charge is 0.455 e. The molecule has 1 heterocycles. The summed E-state index contributed by atoms with van der Waals surface area (Å²) in [5.41, 5.74) is 4.35. The molecule has 0 bridgehead atoms. The number of esters is 1. The second kappa shape index (κ2) is 5.83. The maximum atomic E-state index is 11.8. The molecule has 0 saturated heterocycles. The molecule has 19 heavy (non-hydrogen) atoms. The van der Waals surface area contributed by atoms with Gasteiger partial charge in [0, 0.05) is 6.07 Å². The van der Waals surface area contributed by atoms with E-state index in [0.29, 0.717) is 0 Å². The number of nitrogens with two attached hydrogens (primary N) is 1. The van der Waals surface area contributed by atoms with Crippen LogP contribution in [0.2, 0.25) is 5.28 Å². The Hall–Kier alpha value is -1.89. The van der Waals surface area contributed by atoms with Crippen molar-refractivity contribution in [2.45, 2.75) is 26.4 Å². The van der Waals surface area contributed by atoms with Crippen LogP contribution in [0.4, 0.5) is 5.82 Å². The second-order valence-corrected chi connectivity index (χ2v) is 5.07. The molecule has 1 amide bonds. The van der Waals surface area contributed by atoms with Crippen LogP contribution in [0.5, 0.6) is 0 Å². The molecule has 3 N–H and O–H groups in total. The molecule has 0 aliphatic heterocycles. The zero-order valence-corrected chi connectivity index (χ0v) is 11.6. The van der Waals surface area contributed by atoms with Crippen molar-refractivity contribution in [2.24, 2.45) is 5.73 Å². The van der Waals surface area contributed by atoms with Crippen LogP contribution in [-0.2, 0) is 9.53 Å². The van der Waals surface area contributed by atoms with E-state index in [1.54, 1.807) is 20.8 Å². The molecule has 1 aromatic rings. The Morgan fingerprint density at radius 1 is 1.42 bits per heavy atom. The molecular weight excluding hydrogens is 272 g/mol. The van der Waals surface area contributed by atoms with Gasteiger partial charge in [-0.3, -0.25) is 4.79 Å². The highest BCUT2D eigenvalue weighted by molar-refractivity contribution is 6.28. The number of rotatable bonds is 4. The number of aromatic nitrogens is 2. The lowest BCUT2D eigenvalue weighted by atomic mass is 10.2. The van der Waals surface area contributed by atoms with Gasteiger partial charge in [0.2, 0.25) is 11.2 Å². The number of halogens is 1. The third-order valence-corrected chi connectivity index (χ3v) is 1.92. The Balaban J connectivity index is 2.90. The molecule has 7 nitrogen and oxygen atoms in total. The molecule has 1 aromatic heterocycles. The fraction of sp³-hybridized carbons (Fsp3) is 0.455. The van der Waals surface area contributed by atoms with Crippen LogP contribution in [0.3, 0.4) is 0 Å². The van der Waals surface area contributed by atoms with Gasteiger partial charge in [0.15, 0.2) is 5.69 Å². The Kier molecular flexibility index (Phi) is 4.66. The highest BCUT2D eigenvalue weighted by Crippen LogP contribution is 2.15. The number of nitrogens with one attached hydrogen (secondary N) is 1. The first-order chi connectivity index (χ1) is 8.67. The number of carbonyl (C=O) groups excluding carboxylic acids is 2. The van der Waals surface area contributed by atoms with E-state index in [9.17, 15) is 9.59 Å². The molecule has 0 atom stereocenters. The summed E-state index contributed by atoms with van der Waals surface area (Å²) in [5.74, 6) is -0.966. The van der Waals surface area contributed by atoms with E-state index in [1.807, 2.05) is 0 Å². The van der Waals surface area contributed by atoms with Gasteiger partial charge in [0.25, 0.3) is 0 Å². The maximum Gasteiger partial charge on any atom is 0.357 e. The number of amides is 1. The molecule has 0 aliphatic rings. The van der Waals surface area contributed by atoms with E-state index in [1.165, 1.54) is 6.07 Å². The van der Waals surface area contributed by atoms with E-state index in [-0.39, 0.29) is 23.3 Å². The van der Waals surface area contributed by atoms with Crippen LogP contribution in [0.15, 0.2) is 6.07 Å². The van der Waals surface area contributed by atoms with Crippen molar-refractivity contribution in [3.8, 4) is 0 Å². The van der Waals surface area contributed by atoms with Gasteiger partial charge in [-0.05, 0) is 32.4 Å². The summed E-state index contributed by atoms with van der Waals surface area (Å²) >= 11 is 5.69. The SMILES string of the molecule is CC(C)(C)OC(=O)c1cc(NCC(N)=O)nc(Cl)n1. The van der Waals surface area contributed by atoms with Gasteiger partial charge in [0.1, 0.15) is 11.4 Å². The molecule has 8 heteroatoms. The summed E-state index contributed by atoms with van der Waals surface area (Å²) in [4.78, 5) is 30.0. The van der Waals surface area contributed by atoms with Crippen molar-refractivity contribution in [3.63, 3.8) is 0 Å². The molecule has 0 unspecified atom stereocenters. The predicted octanol–water partition coefficient (Wildman–Crippen LogP) is 0.982. The summed E-state index contributed by atoms with van der Waals surface area (Å²) in [5, 5.41) is 2.50. The monoisotopic (exact) mass is 286 g/mol. The van der Waals surface area contributed by atoms with Crippen LogP contribution in [-0.4, -0.2) is 34.0 Å². The summed E-state index contributed by atoms with van der Waals surface area (Å²) in [6.07, 6.45) is 0. The van der Waals surface area contributed by atoms with E-state index < -0.39 is 17.5 Å². The quantitative estimate of drug-likeness (QED) is 0.631. The zero-order chi connectivity index (χ0) is 14.6. The summed E-state index contributed by atoms with van der Waals surface area (Å²) in [6, 6.07) is 1.34. The van der Waals surface area contributed by atoms with Gasteiger partial charge in [-0.25, -0.2) is 14.8 Å². The lowest BCUT2D eigenvalue weighted by Gasteiger charge is -2.19. The van der Waals surface area contributed by atoms with Crippen molar-refractivity contribution >= 4 is 29.3 Å². The third-order valence-electron chi connectivity index (χ3n) is 1.75. The van der Waals surface area contributed by atoms with Gasteiger partial charge in [-0.1, -0.05) is 0 Å². The highest BCUT2D eigenvalue weighted by Gasteiger charge is 2.20. The standard InChI is InChI=1S/C11H15ClN4O3/c1-11(2,3)19-9(18)6-4-8(14-5-7(13)17)16-10(12)15-6/h4H,5H2,1-3H3,(H2,13,17)(H,14,15,16). The number of carbonyl (C=O) groups is 2. The lowest BCUT2D eigenvalue weighted by Crippen LogP contribution is -2.25. The second-order valence-electron chi connectivity index (χ2n) is 4.73. The van der Waals surface area contributed by atoms with Crippen molar-refractivity contribution in [2.75, 3.05) is 11.9 Å². The van der Waals surface area contributed by atoms with Gasteiger partial charge in [-0.15, -0.1) is 0 Å². The summed E-state index contributed by atoms with van der Waals surface area (Å²) in [7, 11) is 0. The first kappa shape index (κ1) is 15.2. The molecule has 0 aliphatic carbocycles. The minimum Gasteiger partial charge on any atom is -0.455 e. The normalized spacial score (nSPS) is 10.9. The predicted molar refractivity (Wildman–Crippen MR) is 69.9 cm³/mol. The number of nitrogens with zero attached hydrogens (tertiary/aromatic N) is 2. The Labute approximate surface area is 115 Å². The number of primary amides is 1. The third kappa shape index (κ3) is 5.52.